The first-order valence-electron chi connectivity index (χ1n) is 7.58. The van der Waals surface area contributed by atoms with Crippen LogP contribution in [0.5, 0.6) is 5.75 Å². The second-order valence-corrected chi connectivity index (χ2v) is 6.34. The fourth-order valence-corrected chi connectivity index (χ4v) is 3.48. The van der Waals surface area contributed by atoms with E-state index in [9.17, 15) is 4.79 Å². The van der Waals surface area contributed by atoms with Gasteiger partial charge in [-0.1, -0.05) is 17.7 Å². The number of amides is 1. The molecule has 2 aliphatic heterocycles. The predicted molar refractivity (Wildman–Crippen MR) is 89.9 cm³/mol. The summed E-state index contributed by atoms with van der Waals surface area (Å²) in [7, 11) is 0. The summed E-state index contributed by atoms with van der Waals surface area (Å²) < 4.78 is 5.73. The molecule has 0 aromatic heterocycles. The monoisotopic (exact) mass is 344 g/mol. The van der Waals surface area contributed by atoms with E-state index in [4.69, 9.17) is 16.3 Å². The molecule has 0 saturated carbocycles. The highest BCUT2D eigenvalue weighted by molar-refractivity contribution is 6.30. The molecule has 6 heteroatoms. The van der Waals surface area contributed by atoms with Crippen LogP contribution in [0.4, 0.5) is 0 Å². The Hall–Kier alpha value is -0.970. The van der Waals surface area contributed by atoms with Gasteiger partial charge in [-0.25, -0.2) is 0 Å². The van der Waals surface area contributed by atoms with Crippen LogP contribution in [0.2, 0.25) is 5.02 Å². The number of nitrogens with zero attached hydrogens (tertiary/aromatic N) is 1. The Labute approximate surface area is 142 Å². The van der Waals surface area contributed by atoms with E-state index in [-0.39, 0.29) is 18.3 Å². The molecule has 2 fully saturated rings. The van der Waals surface area contributed by atoms with Gasteiger partial charge >= 0.3 is 0 Å². The number of rotatable bonds is 3. The maximum Gasteiger partial charge on any atom is 0.263 e. The van der Waals surface area contributed by atoms with Gasteiger partial charge in [-0.3, -0.25) is 4.79 Å². The number of likely N-dealkylation sites (tertiary alicyclic amines) is 1. The third-order valence-corrected chi connectivity index (χ3v) is 4.66. The summed E-state index contributed by atoms with van der Waals surface area (Å²) in [4.78, 5) is 14.5. The Bertz CT molecular complexity index is 527. The Kier molecular flexibility index (Phi) is 5.95. The molecule has 1 amide bonds. The number of halogens is 2. The Balaban J connectivity index is 0.00000176. The van der Waals surface area contributed by atoms with Gasteiger partial charge in [0, 0.05) is 24.2 Å². The van der Waals surface area contributed by atoms with E-state index in [0.717, 1.165) is 32.5 Å². The van der Waals surface area contributed by atoms with Crippen LogP contribution in [0.3, 0.4) is 0 Å². The van der Waals surface area contributed by atoms with Gasteiger partial charge in [0.15, 0.2) is 6.10 Å². The summed E-state index contributed by atoms with van der Waals surface area (Å²) >= 11 is 5.94. The van der Waals surface area contributed by atoms with Gasteiger partial charge in [0.2, 0.25) is 0 Å². The zero-order valence-corrected chi connectivity index (χ0v) is 14.2. The minimum Gasteiger partial charge on any atom is -0.481 e. The number of hydrogen-bond donors (Lipinski definition) is 1. The van der Waals surface area contributed by atoms with Crippen molar-refractivity contribution in [2.24, 2.45) is 5.92 Å². The molecule has 0 spiro atoms. The molecule has 22 heavy (non-hydrogen) atoms. The first-order valence-corrected chi connectivity index (χ1v) is 7.95. The van der Waals surface area contributed by atoms with E-state index < -0.39 is 6.10 Å². The minimum absolute atomic E-state index is 0. The molecule has 1 aromatic carbocycles. The lowest BCUT2D eigenvalue weighted by molar-refractivity contribution is -0.139. The molecule has 0 bridgehead atoms. The molecule has 1 N–H and O–H groups in total. The molecule has 4 nitrogen and oxygen atoms in total. The zero-order valence-electron chi connectivity index (χ0n) is 12.6. The topological polar surface area (TPSA) is 41.6 Å². The molecule has 3 unspecified atom stereocenters. The number of nitrogens with one attached hydrogen (secondary N) is 1. The van der Waals surface area contributed by atoms with E-state index in [0.29, 0.717) is 22.7 Å². The molecule has 0 radical (unpaired) electrons. The van der Waals surface area contributed by atoms with Gasteiger partial charge in [-0.15, -0.1) is 12.4 Å². The smallest absolute Gasteiger partial charge is 0.263 e. The zero-order chi connectivity index (χ0) is 14.8. The fourth-order valence-electron chi connectivity index (χ4n) is 3.30. The summed E-state index contributed by atoms with van der Waals surface area (Å²) in [5.74, 6) is 1.31. The number of ether oxygens (including phenoxy) is 1. The van der Waals surface area contributed by atoms with Crippen molar-refractivity contribution in [3.63, 3.8) is 0 Å². The first kappa shape index (κ1) is 17.4. The lowest BCUT2D eigenvalue weighted by Crippen LogP contribution is -2.50. The molecule has 3 rings (SSSR count). The van der Waals surface area contributed by atoms with E-state index in [1.807, 2.05) is 24.0 Å². The second kappa shape index (κ2) is 7.53. The van der Waals surface area contributed by atoms with Gasteiger partial charge in [-0.05, 0) is 50.4 Å². The van der Waals surface area contributed by atoms with E-state index in [2.05, 4.69) is 5.32 Å². The Morgan fingerprint density at radius 3 is 3.05 bits per heavy atom. The Morgan fingerprint density at radius 2 is 2.27 bits per heavy atom. The second-order valence-electron chi connectivity index (χ2n) is 5.90. The van der Waals surface area contributed by atoms with E-state index in [1.165, 1.54) is 0 Å². The normalized spacial score (nSPS) is 25.1. The van der Waals surface area contributed by atoms with Crippen molar-refractivity contribution in [3.05, 3.63) is 29.3 Å². The van der Waals surface area contributed by atoms with Crippen LogP contribution < -0.4 is 10.1 Å². The molecule has 2 aliphatic rings. The highest BCUT2D eigenvalue weighted by Crippen LogP contribution is 2.25. The summed E-state index contributed by atoms with van der Waals surface area (Å²) in [6.07, 6.45) is 1.73. The van der Waals surface area contributed by atoms with Crippen molar-refractivity contribution in [2.45, 2.75) is 31.9 Å². The third-order valence-electron chi connectivity index (χ3n) is 4.42. The van der Waals surface area contributed by atoms with Crippen molar-refractivity contribution in [1.29, 1.82) is 0 Å². The largest absolute Gasteiger partial charge is 0.481 e. The maximum atomic E-state index is 12.5. The lowest BCUT2D eigenvalue weighted by Gasteiger charge is -2.36. The molecule has 0 aliphatic carbocycles. The van der Waals surface area contributed by atoms with Crippen LogP contribution >= 0.6 is 24.0 Å². The Morgan fingerprint density at radius 1 is 1.45 bits per heavy atom. The fraction of sp³-hybridized carbons (Fsp3) is 0.562. The lowest BCUT2D eigenvalue weighted by atomic mass is 9.93. The van der Waals surface area contributed by atoms with Crippen molar-refractivity contribution in [1.82, 2.24) is 10.2 Å². The van der Waals surface area contributed by atoms with Crippen molar-refractivity contribution < 1.29 is 9.53 Å². The SMILES string of the molecule is CC(Oc1cccc(Cl)c1)C(=O)N1CCC2NCCC2C1.Cl. The quantitative estimate of drug-likeness (QED) is 0.916. The van der Waals surface area contributed by atoms with Crippen molar-refractivity contribution >= 4 is 29.9 Å². The number of hydrogen-bond acceptors (Lipinski definition) is 3. The van der Waals surface area contributed by atoms with E-state index in [1.54, 1.807) is 12.1 Å². The molecule has 2 heterocycles. The van der Waals surface area contributed by atoms with Gasteiger partial charge in [0.25, 0.3) is 5.91 Å². The molecule has 3 atom stereocenters. The van der Waals surface area contributed by atoms with Crippen LogP contribution in [0.1, 0.15) is 19.8 Å². The number of carbonyl (C=O) groups excluding carboxylic acids is 1. The maximum absolute atomic E-state index is 12.5. The highest BCUT2D eigenvalue weighted by Gasteiger charge is 2.35. The molecule has 1 aromatic rings. The number of piperidine rings is 1. The standard InChI is InChI=1S/C16H21ClN2O2.ClH/c1-11(21-14-4-2-3-13(17)9-14)16(20)19-8-6-15-12(10-19)5-7-18-15;/h2-4,9,11-12,15,18H,5-8,10H2,1H3;1H. The summed E-state index contributed by atoms with van der Waals surface area (Å²) in [5.41, 5.74) is 0. The average Bonchev–Trinajstić information content (AvgIpc) is 2.93. The highest BCUT2D eigenvalue weighted by atomic mass is 35.5. The van der Waals surface area contributed by atoms with E-state index >= 15 is 0 Å². The van der Waals surface area contributed by atoms with Crippen LogP contribution in [-0.4, -0.2) is 42.6 Å². The summed E-state index contributed by atoms with van der Waals surface area (Å²) in [6.45, 7) is 4.55. The van der Waals surface area contributed by atoms with Crippen LogP contribution in [0, 0.1) is 5.92 Å². The molecular formula is C16H22Cl2N2O2. The molecular weight excluding hydrogens is 323 g/mol. The average molecular weight is 345 g/mol. The van der Waals surface area contributed by atoms with Crippen LogP contribution in [0.25, 0.3) is 0 Å². The van der Waals surface area contributed by atoms with Gasteiger partial charge in [0.05, 0.1) is 0 Å². The molecule has 2 saturated heterocycles. The molecule has 122 valence electrons. The van der Waals surface area contributed by atoms with Crippen molar-refractivity contribution in [2.75, 3.05) is 19.6 Å². The predicted octanol–water partition coefficient (Wildman–Crippen LogP) is 2.74. The van der Waals surface area contributed by atoms with Gasteiger partial charge < -0.3 is 15.0 Å². The first-order chi connectivity index (χ1) is 10.1. The van der Waals surface area contributed by atoms with Gasteiger partial charge in [-0.2, -0.15) is 0 Å². The number of carbonyl (C=O) groups is 1. The van der Waals surface area contributed by atoms with Crippen LogP contribution in [0.15, 0.2) is 24.3 Å². The summed E-state index contributed by atoms with van der Waals surface area (Å²) in [6, 6.07) is 7.77. The van der Waals surface area contributed by atoms with Crippen LogP contribution in [-0.2, 0) is 4.79 Å². The van der Waals surface area contributed by atoms with Crippen molar-refractivity contribution in [3.8, 4) is 5.75 Å². The third kappa shape index (κ3) is 3.86. The van der Waals surface area contributed by atoms with Gasteiger partial charge in [0.1, 0.15) is 5.75 Å². The number of fused-ring (bicyclic) bond motifs is 1. The minimum atomic E-state index is -0.477. The number of benzene rings is 1. The summed E-state index contributed by atoms with van der Waals surface area (Å²) in [5, 5.41) is 4.13.